The Morgan fingerprint density at radius 3 is 2.88 bits per heavy atom. The van der Waals surface area contributed by atoms with Crippen molar-refractivity contribution < 1.29 is 38.3 Å². The summed E-state index contributed by atoms with van der Waals surface area (Å²) in [7, 11) is -4.20. The van der Waals surface area contributed by atoms with Crippen LogP contribution in [0.2, 0.25) is 0 Å². The van der Waals surface area contributed by atoms with Crippen LogP contribution in [-0.2, 0) is 13.8 Å². The van der Waals surface area contributed by atoms with Crippen LogP contribution in [0, 0.1) is 0 Å². The van der Waals surface area contributed by atoms with Crippen molar-refractivity contribution in [2.45, 2.75) is 24.5 Å². The molecule has 140 valence electrons. The highest BCUT2D eigenvalue weighted by molar-refractivity contribution is 7.51. The molecule has 1 aliphatic heterocycles. The van der Waals surface area contributed by atoms with E-state index >= 15 is 0 Å². The predicted octanol–water partition coefficient (Wildman–Crippen LogP) is -1.45. The van der Waals surface area contributed by atoms with Crippen LogP contribution in [0.15, 0.2) is 43.2 Å². The van der Waals surface area contributed by atoms with E-state index in [1.54, 1.807) is 0 Å². The zero-order valence-corrected chi connectivity index (χ0v) is 14.3. The van der Waals surface area contributed by atoms with Crippen LogP contribution >= 0.6 is 7.75 Å². The number of amides is 1. The van der Waals surface area contributed by atoms with Gasteiger partial charge in [-0.2, -0.15) is 4.57 Å². The lowest BCUT2D eigenvalue weighted by Gasteiger charge is -2.17. The molecule has 3 heterocycles. The van der Waals surface area contributed by atoms with Gasteiger partial charge >= 0.3 is 7.75 Å². The van der Waals surface area contributed by atoms with Crippen LogP contribution in [0.3, 0.4) is 0 Å². The molecule has 11 nitrogen and oxygen atoms in total. The Bertz CT molecular complexity index is 830. The molecular weight excluding hydrogens is 367 g/mol. The number of hydrogen-bond donors (Lipinski definition) is 4. The molecule has 0 spiro atoms. The maximum absolute atomic E-state index is 12.1. The summed E-state index contributed by atoms with van der Waals surface area (Å²) in [5.74, 6) is -0.659. The monoisotopic (exact) mass is 385 g/mol. The quantitative estimate of drug-likeness (QED) is 0.347. The number of carbonyl (C=O) groups excluding carboxylic acids is 1. The molecule has 3 rings (SSSR count). The molecule has 1 amide bonds. The summed E-state index contributed by atoms with van der Waals surface area (Å²) in [5, 5.41) is 20.4. The first-order chi connectivity index (χ1) is 12.3. The van der Waals surface area contributed by atoms with Crippen molar-refractivity contribution in [3.05, 3.63) is 48.8 Å². The lowest BCUT2D eigenvalue weighted by atomic mass is 10.1. The first-order valence-corrected chi connectivity index (χ1v) is 9.11. The summed E-state index contributed by atoms with van der Waals surface area (Å²) < 4.78 is 24.9. The second-order valence-electron chi connectivity index (χ2n) is 5.68. The number of nitrogens with zero attached hydrogens (tertiary/aromatic N) is 3. The first-order valence-electron chi connectivity index (χ1n) is 7.58. The fourth-order valence-corrected chi connectivity index (χ4v) is 3.44. The van der Waals surface area contributed by atoms with Gasteiger partial charge in [-0.1, -0.05) is 0 Å². The van der Waals surface area contributed by atoms with E-state index in [-0.39, 0.29) is 5.56 Å². The van der Waals surface area contributed by atoms with Gasteiger partial charge in [0.25, 0.3) is 12.1 Å². The van der Waals surface area contributed by atoms with Gasteiger partial charge in [0.1, 0.15) is 24.1 Å². The molecule has 2 aromatic rings. The summed E-state index contributed by atoms with van der Waals surface area (Å²) in [5.41, 5.74) is 5.41. The molecule has 2 aromatic heterocycles. The van der Waals surface area contributed by atoms with Crippen LogP contribution < -0.4 is 10.3 Å². The van der Waals surface area contributed by atoms with E-state index in [2.05, 4.69) is 4.98 Å². The maximum Gasteiger partial charge on any atom is 0.437 e. The van der Waals surface area contributed by atoms with Gasteiger partial charge < -0.3 is 25.6 Å². The van der Waals surface area contributed by atoms with Crippen LogP contribution in [0.4, 0.5) is 0 Å². The van der Waals surface area contributed by atoms with Gasteiger partial charge in [0.05, 0.1) is 6.61 Å². The van der Waals surface area contributed by atoms with Crippen molar-refractivity contribution in [3.63, 3.8) is 0 Å². The molecule has 1 aliphatic rings. The number of ether oxygens (including phenoxy) is 1. The molecule has 1 fully saturated rings. The summed E-state index contributed by atoms with van der Waals surface area (Å²) in [6, 6.07) is 3.03. The lowest BCUT2D eigenvalue weighted by molar-refractivity contribution is -0.765. The first kappa shape index (κ1) is 18.6. The molecule has 0 radical (unpaired) electrons. The Kier molecular flexibility index (Phi) is 5.19. The zero-order chi connectivity index (χ0) is 18.9. The average Bonchev–Trinajstić information content (AvgIpc) is 3.24. The van der Waals surface area contributed by atoms with Crippen molar-refractivity contribution in [1.82, 2.24) is 9.32 Å². The third-order valence-corrected chi connectivity index (χ3v) is 5.23. The number of rotatable bonds is 6. The number of carbonyl (C=O) groups is 1. The molecule has 12 heteroatoms. The normalized spacial score (nSPS) is 28.0. The average molecular weight is 385 g/mol. The maximum atomic E-state index is 12.1. The molecular formula is C14H18N4O7P+. The Morgan fingerprint density at radius 1 is 1.46 bits per heavy atom. The molecule has 5 N–H and O–H groups in total. The fourth-order valence-electron chi connectivity index (χ4n) is 2.55. The highest BCUT2D eigenvalue weighted by Crippen LogP contribution is 2.44. The van der Waals surface area contributed by atoms with Gasteiger partial charge in [0.15, 0.2) is 18.5 Å². The van der Waals surface area contributed by atoms with Gasteiger partial charge in [0.2, 0.25) is 0 Å². The number of aromatic nitrogens is 3. The molecule has 26 heavy (non-hydrogen) atoms. The smallest absolute Gasteiger partial charge is 0.387 e. The van der Waals surface area contributed by atoms with E-state index in [1.807, 2.05) is 0 Å². The fraction of sp³-hybridized carbons (Fsp3) is 0.357. The minimum Gasteiger partial charge on any atom is -0.387 e. The number of hydrogen-bond acceptors (Lipinski definition) is 7. The molecule has 0 bridgehead atoms. The Hall–Kier alpha value is -2.14. The van der Waals surface area contributed by atoms with Crippen molar-refractivity contribution in [1.29, 1.82) is 0 Å². The zero-order valence-electron chi connectivity index (χ0n) is 13.4. The molecule has 0 aliphatic carbocycles. The molecule has 0 saturated carbocycles. The van der Waals surface area contributed by atoms with E-state index in [1.165, 1.54) is 41.5 Å². The van der Waals surface area contributed by atoms with Gasteiger partial charge in [-0.15, -0.1) is 0 Å². The summed E-state index contributed by atoms with van der Waals surface area (Å²) in [4.78, 5) is 24.8. The number of aliphatic hydroxyl groups is 2. The van der Waals surface area contributed by atoms with Crippen LogP contribution in [-0.4, -0.2) is 55.3 Å². The van der Waals surface area contributed by atoms with Crippen molar-refractivity contribution >= 4 is 13.7 Å². The highest BCUT2D eigenvalue weighted by Gasteiger charge is 2.49. The minimum absolute atomic E-state index is 0.192. The van der Waals surface area contributed by atoms with Gasteiger partial charge in [-0.3, -0.25) is 9.32 Å². The summed E-state index contributed by atoms with van der Waals surface area (Å²) in [6.07, 6.45) is 1.79. The van der Waals surface area contributed by atoms with E-state index in [0.717, 1.165) is 10.7 Å². The van der Waals surface area contributed by atoms with Gasteiger partial charge in [-0.05, 0) is 6.07 Å². The Labute approximate surface area is 147 Å². The second kappa shape index (κ2) is 7.23. The predicted molar refractivity (Wildman–Crippen MR) is 84.5 cm³/mol. The minimum atomic E-state index is -4.20. The molecule has 5 atom stereocenters. The second-order valence-corrected chi connectivity index (χ2v) is 7.38. The summed E-state index contributed by atoms with van der Waals surface area (Å²) in [6.45, 7) is -0.448. The van der Waals surface area contributed by atoms with E-state index in [4.69, 9.17) is 15.0 Å². The van der Waals surface area contributed by atoms with E-state index in [0.29, 0.717) is 0 Å². The molecule has 1 unspecified atom stereocenters. The number of nitrogens with two attached hydrogens (primary N) is 1. The molecule has 0 aromatic carbocycles. The third-order valence-electron chi connectivity index (χ3n) is 3.93. The van der Waals surface area contributed by atoms with Crippen LogP contribution in [0.5, 0.6) is 0 Å². The van der Waals surface area contributed by atoms with Crippen molar-refractivity contribution in [3.8, 4) is 0 Å². The lowest BCUT2D eigenvalue weighted by Crippen LogP contribution is -2.46. The van der Waals surface area contributed by atoms with E-state index in [9.17, 15) is 24.5 Å². The Morgan fingerprint density at radius 2 is 2.23 bits per heavy atom. The topological polar surface area (TPSA) is 161 Å². The third kappa shape index (κ3) is 3.68. The summed E-state index contributed by atoms with van der Waals surface area (Å²) >= 11 is 0. The number of primary amides is 1. The largest absolute Gasteiger partial charge is 0.437 e. The highest BCUT2D eigenvalue weighted by atomic mass is 31.2. The standard InChI is InChI=1S/C14H17N4O7P/c15-13(21)9-2-1-4-17(6-9)14-12(20)11(19)10(25-14)7-24-26(22,23)18-5-3-16-8-18/h1-6,8,10-12,14,19-20H,7H2,(H2-,15,21,22,23)/p+1/t10-,11-,12-,14+/m1/s1. The molecule has 1 saturated heterocycles. The number of pyridine rings is 1. The van der Waals surface area contributed by atoms with Gasteiger partial charge in [0, 0.05) is 18.5 Å². The number of imidazole rings is 1. The SMILES string of the molecule is NC(=O)c1ccc[n+]([C@H]2O[C@H](COP(=O)(O)n3ccnc3)[C@@H](O)[C@H]2O)c1. The van der Waals surface area contributed by atoms with Crippen LogP contribution in [0.25, 0.3) is 0 Å². The van der Waals surface area contributed by atoms with Gasteiger partial charge in [-0.25, -0.2) is 13.9 Å². The van der Waals surface area contributed by atoms with Crippen molar-refractivity contribution in [2.24, 2.45) is 5.73 Å². The Balaban J connectivity index is 1.71. The van der Waals surface area contributed by atoms with E-state index < -0.39 is 44.8 Å². The number of aliphatic hydroxyl groups excluding tert-OH is 2. The van der Waals surface area contributed by atoms with Crippen LogP contribution in [0.1, 0.15) is 16.6 Å². The van der Waals surface area contributed by atoms with Crippen molar-refractivity contribution in [2.75, 3.05) is 6.61 Å².